The molecule has 100 valence electrons. The van der Waals surface area contributed by atoms with Gasteiger partial charge in [0.25, 0.3) is 5.91 Å². The predicted octanol–water partition coefficient (Wildman–Crippen LogP) is 3.88. The molecule has 3 aromatic rings. The zero-order valence-electron chi connectivity index (χ0n) is 10.5. The van der Waals surface area contributed by atoms with Crippen molar-refractivity contribution < 1.29 is 4.79 Å². The van der Waals surface area contributed by atoms with Gasteiger partial charge in [-0.25, -0.2) is 4.98 Å². The summed E-state index contributed by atoms with van der Waals surface area (Å²) in [5.74, 6) is -0.0877. The van der Waals surface area contributed by atoms with Crippen LogP contribution in [0.1, 0.15) is 15.9 Å². The monoisotopic (exact) mass is 302 g/mol. The highest BCUT2D eigenvalue weighted by atomic mass is 35.5. The van der Waals surface area contributed by atoms with Gasteiger partial charge in [0.1, 0.15) is 0 Å². The second kappa shape index (κ2) is 5.61. The summed E-state index contributed by atoms with van der Waals surface area (Å²) in [7, 11) is 0. The van der Waals surface area contributed by atoms with E-state index in [4.69, 9.17) is 11.6 Å². The van der Waals surface area contributed by atoms with Crippen LogP contribution in [0.25, 0.3) is 10.2 Å². The van der Waals surface area contributed by atoms with Crippen LogP contribution in [0.5, 0.6) is 0 Å². The van der Waals surface area contributed by atoms with Gasteiger partial charge in [-0.15, -0.1) is 11.3 Å². The lowest BCUT2D eigenvalue weighted by Crippen LogP contribution is -2.22. The minimum absolute atomic E-state index is 0.0877. The first kappa shape index (κ1) is 13.1. The third kappa shape index (κ3) is 2.81. The van der Waals surface area contributed by atoms with Crippen molar-refractivity contribution in [2.45, 2.75) is 6.54 Å². The average molecular weight is 303 g/mol. The molecule has 1 aromatic heterocycles. The molecule has 0 aliphatic rings. The van der Waals surface area contributed by atoms with Gasteiger partial charge in [-0.2, -0.15) is 0 Å². The summed E-state index contributed by atoms with van der Waals surface area (Å²) >= 11 is 7.35. The highest BCUT2D eigenvalue weighted by molar-refractivity contribution is 7.16. The molecule has 20 heavy (non-hydrogen) atoms. The van der Waals surface area contributed by atoms with E-state index in [9.17, 15) is 4.79 Å². The first-order chi connectivity index (χ1) is 9.72. The number of thiazole rings is 1. The number of rotatable bonds is 3. The number of nitrogens with one attached hydrogen (secondary N) is 1. The van der Waals surface area contributed by atoms with E-state index in [1.165, 1.54) is 11.3 Å². The van der Waals surface area contributed by atoms with Crippen LogP contribution in [0, 0.1) is 0 Å². The smallest absolute Gasteiger partial charge is 0.251 e. The molecule has 1 N–H and O–H groups in total. The van der Waals surface area contributed by atoms with Gasteiger partial charge in [0.2, 0.25) is 0 Å². The molecule has 0 radical (unpaired) electrons. The van der Waals surface area contributed by atoms with Gasteiger partial charge in [-0.1, -0.05) is 23.7 Å². The number of halogens is 1. The van der Waals surface area contributed by atoms with Gasteiger partial charge >= 0.3 is 0 Å². The van der Waals surface area contributed by atoms with Crippen molar-refractivity contribution in [3.05, 3.63) is 64.1 Å². The number of carbonyl (C=O) groups is 1. The van der Waals surface area contributed by atoms with Crippen LogP contribution >= 0.6 is 22.9 Å². The summed E-state index contributed by atoms with van der Waals surface area (Å²) in [6, 6.07) is 12.9. The van der Waals surface area contributed by atoms with Gasteiger partial charge in [0, 0.05) is 17.1 Å². The fourth-order valence-electron chi connectivity index (χ4n) is 1.88. The molecule has 1 heterocycles. The maximum absolute atomic E-state index is 12.1. The van der Waals surface area contributed by atoms with Crippen molar-refractivity contribution in [2.24, 2.45) is 0 Å². The normalized spacial score (nSPS) is 10.7. The Bertz CT molecular complexity index is 752. The van der Waals surface area contributed by atoms with Crippen LogP contribution in [0.2, 0.25) is 5.02 Å². The van der Waals surface area contributed by atoms with Gasteiger partial charge in [-0.05, 0) is 35.9 Å². The number of carbonyl (C=O) groups excluding carboxylic acids is 1. The Balaban J connectivity index is 1.70. The Kier molecular flexibility index (Phi) is 3.67. The minimum atomic E-state index is -0.0877. The molecule has 1 amide bonds. The molecule has 5 heteroatoms. The molecule has 2 aromatic carbocycles. The van der Waals surface area contributed by atoms with E-state index in [1.54, 1.807) is 11.6 Å². The zero-order valence-corrected chi connectivity index (χ0v) is 12.0. The van der Waals surface area contributed by atoms with E-state index in [0.717, 1.165) is 15.8 Å². The van der Waals surface area contributed by atoms with E-state index in [1.807, 2.05) is 36.4 Å². The molecule has 0 aliphatic carbocycles. The van der Waals surface area contributed by atoms with Crippen LogP contribution in [0.4, 0.5) is 0 Å². The first-order valence-electron chi connectivity index (χ1n) is 6.08. The van der Waals surface area contributed by atoms with Crippen LogP contribution in [0.3, 0.4) is 0 Å². The number of benzene rings is 2. The molecule has 0 saturated carbocycles. The van der Waals surface area contributed by atoms with Gasteiger partial charge in [0.05, 0.1) is 15.7 Å². The second-order valence-corrected chi connectivity index (χ2v) is 5.67. The van der Waals surface area contributed by atoms with E-state index in [0.29, 0.717) is 17.1 Å². The van der Waals surface area contributed by atoms with Crippen molar-refractivity contribution in [3.8, 4) is 0 Å². The Labute approximate surface area is 125 Å². The van der Waals surface area contributed by atoms with Gasteiger partial charge in [-0.3, -0.25) is 4.79 Å². The zero-order chi connectivity index (χ0) is 13.9. The number of hydrogen-bond donors (Lipinski definition) is 1. The van der Waals surface area contributed by atoms with E-state index < -0.39 is 0 Å². The van der Waals surface area contributed by atoms with Gasteiger partial charge in [0.15, 0.2) is 0 Å². The molecule has 0 bridgehead atoms. The van der Waals surface area contributed by atoms with Crippen LogP contribution in [-0.2, 0) is 6.54 Å². The fourth-order valence-corrected chi connectivity index (χ4v) is 2.73. The average Bonchev–Trinajstić information content (AvgIpc) is 2.93. The summed E-state index contributed by atoms with van der Waals surface area (Å²) in [5.41, 5.74) is 4.36. The lowest BCUT2D eigenvalue weighted by molar-refractivity contribution is 0.0951. The molecule has 0 spiro atoms. The molecule has 3 nitrogen and oxygen atoms in total. The molecule has 0 saturated heterocycles. The van der Waals surface area contributed by atoms with Gasteiger partial charge < -0.3 is 5.32 Å². The molecule has 3 rings (SSSR count). The molecule has 0 atom stereocenters. The molecular formula is C15H11ClN2OS. The number of fused-ring (bicyclic) bond motifs is 1. The van der Waals surface area contributed by atoms with Crippen molar-refractivity contribution in [1.82, 2.24) is 10.3 Å². The van der Waals surface area contributed by atoms with E-state index >= 15 is 0 Å². The molecule has 0 aliphatic heterocycles. The Morgan fingerprint density at radius 1 is 1.20 bits per heavy atom. The minimum Gasteiger partial charge on any atom is -0.348 e. The lowest BCUT2D eigenvalue weighted by atomic mass is 10.2. The summed E-state index contributed by atoms with van der Waals surface area (Å²) in [6.07, 6.45) is 0. The summed E-state index contributed by atoms with van der Waals surface area (Å²) < 4.78 is 1.02. The molecule has 0 unspecified atom stereocenters. The van der Waals surface area contributed by atoms with Crippen LogP contribution in [0.15, 0.2) is 48.0 Å². The highest BCUT2D eigenvalue weighted by Gasteiger charge is 2.07. The Morgan fingerprint density at radius 3 is 2.80 bits per heavy atom. The summed E-state index contributed by atoms with van der Waals surface area (Å²) in [4.78, 5) is 16.3. The Hall–Kier alpha value is -1.91. The fraction of sp³-hybridized carbons (Fsp3) is 0.0667. The van der Waals surface area contributed by atoms with Crippen molar-refractivity contribution in [1.29, 1.82) is 0 Å². The van der Waals surface area contributed by atoms with Crippen molar-refractivity contribution >= 4 is 39.1 Å². The number of nitrogens with zero attached hydrogens (tertiary/aromatic N) is 1. The highest BCUT2D eigenvalue weighted by Crippen LogP contribution is 2.19. The quantitative estimate of drug-likeness (QED) is 0.798. The number of amides is 1. The third-order valence-electron chi connectivity index (χ3n) is 2.96. The lowest BCUT2D eigenvalue weighted by Gasteiger charge is -2.05. The standard InChI is InChI=1S/C15H11ClN2OS/c16-12-4-1-10(2-5-12)8-17-15(19)11-3-6-13-14(7-11)20-9-18-13/h1-7,9H,8H2,(H,17,19). The molecule has 0 fully saturated rings. The summed E-state index contributed by atoms with van der Waals surface area (Å²) in [6.45, 7) is 0.483. The van der Waals surface area contributed by atoms with Crippen molar-refractivity contribution in [2.75, 3.05) is 0 Å². The molecular weight excluding hydrogens is 292 g/mol. The maximum Gasteiger partial charge on any atom is 0.251 e. The third-order valence-corrected chi connectivity index (χ3v) is 4.00. The second-order valence-electron chi connectivity index (χ2n) is 4.34. The number of aromatic nitrogens is 1. The van der Waals surface area contributed by atoms with Crippen LogP contribution in [-0.4, -0.2) is 10.9 Å². The summed E-state index contributed by atoms with van der Waals surface area (Å²) in [5, 5.41) is 3.58. The largest absolute Gasteiger partial charge is 0.348 e. The van der Waals surface area contributed by atoms with Crippen LogP contribution < -0.4 is 5.32 Å². The van der Waals surface area contributed by atoms with E-state index in [-0.39, 0.29) is 5.91 Å². The predicted molar refractivity (Wildman–Crippen MR) is 82.2 cm³/mol. The van der Waals surface area contributed by atoms with E-state index in [2.05, 4.69) is 10.3 Å². The SMILES string of the molecule is O=C(NCc1ccc(Cl)cc1)c1ccc2ncsc2c1. The number of hydrogen-bond acceptors (Lipinski definition) is 3. The topological polar surface area (TPSA) is 42.0 Å². The van der Waals surface area contributed by atoms with Crippen molar-refractivity contribution in [3.63, 3.8) is 0 Å². The maximum atomic E-state index is 12.1. The first-order valence-corrected chi connectivity index (χ1v) is 7.34. The Morgan fingerprint density at radius 2 is 2.00 bits per heavy atom.